The van der Waals surface area contributed by atoms with E-state index in [0.717, 1.165) is 25.7 Å². The molecule has 0 aromatic carbocycles. The summed E-state index contributed by atoms with van der Waals surface area (Å²) in [7, 11) is 0. The van der Waals surface area contributed by atoms with Crippen molar-refractivity contribution < 1.29 is 22.7 Å². The predicted octanol–water partition coefficient (Wildman–Crippen LogP) is 3.65. The molecular weight excluding hydrogens is 399 g/mol. The lowest BCUT2D eigenvalue weighted by Crippen LogP contribution is -2.44. The number of hydrogen-bond donors (Lipinski definition) is 3. The number of pyridine rings is 1. The molecule has 0 saturated heterocycles. The summed E-state index contributed by atoms with van der Waals surface area (Å²) in [6.07, 6.45) is 1.59. The topological polar surface area (TPSA) is 106 Å². The first kappa shape index (κ1) is 20.5. The van der Waals surface area contributed by atoms with Crippen LogP contribution in [0.3, 0.4) is 0 Å². The SMILES string of the molecule is C[C@](CC1CC1)(NC(=O)c1cc(OCC(F)(F)F)c(C2CC2)cn1)c1cc(N)n[nH]1. The second kappa shape index (κ2) is 7.48. The first-order chi connectivity index (χ1) is 14.1. The van der Waals surface area contributed by atoms with Crippen LogP contribution in [-0.2, 0) is 5.54 Å². The van der Waals surface area contributed by atoms with Crippen molar-refractivity contribution in [1.82, 2.24) is 20.5 Å². The third-order valence-electron chi connectivity index (χ3n) is 5.51. The quantitative estimate of drug-likeness (QED) is 0.601. The zero-order valence-electron chi connectivity index (χ0n) is 16.6. The number of hydrogen-bond acceptors (Lipinski definition) is 5. The summed E-state index contributed by atoms with van der Waals surface area (Å²) in [5.41, 5.74) is 6.25. The summed E-state index contributed by atoms with van der Waals surface area (Å²) in [6, 6.07) is 2.97. The molecule has 2 aliphatic carbocycles. The number of halogens is 3. The molecule has 1 atom stereocenters. The van der Waals surface area contributed by atoms with Gasteiger partial charge in [0.1, 0.15) is 17.3 Å². The van der Waals surface area contributed by atoms with Gasteiger partial charge in [-0.05, 0) is 38.0 Å². The number of nitrogen functional groups attached to an aromatic ring is 1. The molecule has 0 radical (unpaired) electrons. The van der Waals surface area contributed by atoms with Gasteiger partial charge in [0.05, 0.1) is 11.2 Å². The zero-order valence-corrected chi connectivity index (χ0v) is 16.6. The summed E-state index contributed by atoms with van der Waals surface area (Å²) in [5.74, 6) is 0.493. The van der Waals surface area contributed by atoms with Gasteiger partial charge in [-0.2, -0.15) is 18.3 Å². The monoisotopic (exact) mass is 423 g/mol. The average molecular weight is 423 g/mol. The third kappa shape index (κ3) is 4.85. The fourth-order valence-electron chi connectivity index (χ4n) is 3.62. The number of rotatable bonds is 8. The smallest absolute Gasteiger partial charge is 0.422 e. The Hall–Kier alpha value is -2.78. The van der Waals surface area contributed by atoms with Crippen molar-refractivity contribution in [3.8, 4) is 5.75 Å². The Morgan fingerprint density at radius 1 is 1.30 bits per heavy atom. The lowest BCUT2D eigenvalue weighted by Gasteiger charge is -2.30. The Morgan fingerprint density at radius 3 is 2.60 bits per heavy atom. The van der Waals surface area contributed by atoms with Crippen molar-refractivity contribution in [2.24, 2.45) is 5.92 Å². The molecule has 162 valence electrons. The van der Waals surface area contributed by atoms with Gasteiger partial charge in [-0.3, -0.25) is 14.9 Å². The van der Waals surface area contributed by atoms with Crippen LogP contribution in [0.4, 0.5) is 19.0 Å². The second-order valence-electron chi connectivity index (χ2n) is 8.43. The third-order valence-corrected chi connectivity index (χ3v) is 5.51. The van der Waals surface area contributed by atoms with Gasteiger partial charge in [0.2, 0.25) is 0 Å². The number of anilines is 1. The molecule has 2 aromatic heterocycles. The number of H-pyrrole nitrogens is 1. The number of ether oxygens (including phenoxy) is 1. The molecule has 2 fully saturated rings. The van der Waals surface area contributed by atoms with E-state index in [4.69, 9.17) is 10.5 Å². The van der Waals surface area contributed by atoms with E-state index in [1.807, 2.05) is 6.92 Å². The van der Waals surface area contributed by atoms with Gasteiger partial charge >= 0.3 is 6.18 Å². The first-order valence-corrected chi connectivity index (χ1v) is 9.96. The van der Waals surface area contributed by atoms with Crippen LogP contribution in [0.1, 0.15) is 66.7 Å². The molecule has 0 spiro atoms. The Labute approximate surface area is 171 Å². The Bertz CT molecular complexity index is 937. The van der Waals surface area contributed by atoms with E-state index in [9.17, 15) is 18.0 Å². The van der Waals surface area contributed by atoms with Gasteiger partial charge in [0.25, 0.3) is 5.91 Å². The molecule has 2 saturated carbocycles. The van der Waals surface area contributed by atoms with Crippen molar-refractivity contribution in [2.45, 2.75) is 56.7 Å². The minimum Gasteiger partial charge on any atom is -0.484 e. The van der Waals surface area contributed by atoms with E-state index in [2.05, 4.69) is 20.5 Å². The van der Waals surface area contributed by atoms with Crippen molar-refractivity contribution in [3.63, 3.8) is 0 Å². The maximum Gasteiger partial charge on any atom is 0.422 e. The molecular formula is C20H24F3N5O2. The van der Waals surface area contributed by atoms with Gasteiger partial charge in [-0.1, -0.05) is 12.8 Å². The maximum atomic E-state index is 13.0. The molecule has 2 heterocycles. The Balaban J connectivity index is 1.56. The normalized spacial score (nSPS) is 18.7. The van der Waals surface area contributed by atoms with Crippen molar-refractivity contribution >= 4 is 11.7 Å². The van der Waals surface area contributed by atoms with Crippen LogP contribution >= 0.6 is 0 Å². The van der Waals surface area contributed by atoms with E-state index in [-0.39, 0.29) is 17.4 Å². The highest BCUT2D eigenvalue weighted by Crippen LogP contribution is 2.44. The van der Waals surface area contributed by atoms with Crippen molar-refractivity contribution in [1.29, 1.82) is 0 Å². The molecule has 7 nitrogen and oxygen atoms in total. The van der Waals surface area contributed by atoms with Crippen LogP contribution in [0.15, 0.2) is 18.3 Å². The molecule has 0 aliphatic heterocycles. The summed E-state index contributed by atoms with van der Waals surface area (Å²) in [6.45, 7) is 0.459. The lowest BCUT2D eigenvalue weighted by atomic mass is 9.90. The molecule has 1 amide bonds. The molecule has 4 N–H and O–H groups in total. The van der Waals surface area contributed by atoms with Crippen LogP contribution in [-0.4, -0.2) is 33.9 Å². The largest absolute Gasteiger partial charge is 0.484 e. The number of aromatic amines is 1. The standard InChI is InChI=1S/C20H24F3N5O2/c1-19(8-11-2-3-11,16-7-17(24)28-27-16)26-18(29)14-6-15(30-10-20(21,22)23)13(9-25-14)12-4-5-12/h6-7,9,11-12H,2-5,8,10H2,1H3,(H,26,29)(H3,24,27,28)/t19-/m1/s1. The fraction of sp³-hybridized carbons (Fsp3) is 0.550. The summed E-state index contributed by atoms with van der Waals surface area (Å²) in [5, 5.41) is 9.77. The Kier molecular flexibility index (Phi) is 5.11. The van der Waals surface area contributed by atoms with E-state index >= 15 is 0 Å². The van der Waals surface area contributed by atoms with Gasteiger partial charge < -0.3 is 15.8 Å². The van der Waals surface area contributed by atoms with Gasteiger partial charge in [0, 0.05) is 23.9 Å². The number of nitrogens with two attached hydrogens (primary N) is 1. The predicted molar refractivity (Wildman–Crippen MR) is 103 cm³/mol. The number of alkyl halides is 3. The number of nitrogens with zero attached hydrogens (tertiary/aromatic N) is 2. The highest BCUT2D eigenvalue weighted by Gasteiger charge is 2.38. The molecule has 2 aromatic rings. The zero-order chi connectivity index (χ0) is 21.5. The molecule has 0 unspecified atom stereocenters. The number of amides is 1. The van der Waals surface area contributed by atoms with Gasteiger partial charge in [0.15, 0.2) is 6.61 Å². The molecule has 2 aliphatic rings. The summed E-state index contributed by atoms with van der Waals surface area (Å²) in [4.78, 5) is 17.2. The Morgan fingerprint density at radius 2 is 2.03 bits per heavy atom. The van der Waals surface area contributed by atoms with Crippen LogP contribution in [0.2, 0.25) is 0 Å². The van der Waals surface area contributed by atoms with E-state index in [1.165, 1.54) is 12.3 Å². The van der Waals surface area contributed by atoms with Crippen LogP contribution in [0.25, 0.3) is 0 Å². The minimum atomic E-state index is -4.46. The summed E-state index contributed by atoms with van der Waals surface area (Å²) >= 11 is 0. The van der Waals surface area contributed by atoms with E-state index in [0.29, 0.717) is 29.4 Å². The van der Waals surface area contributed by atoms with Crippen molar-refractivity contribution in [2.75, 3.05) is 12.3 Å². The highest BCUT2D eigenvalue weighted by molar-refractivity contribution is 5.93. The fourth-order valence-corrected chi connectivity index (χ4v) is 3.62. The molecule has 0 bridgehead atoms. The molecule has 4 rings (SSSR count). The average Bonchev–Trinajstić information content (AvgIpc) is 3.59. The number of aromatic nitrogens is 3. The van der Waals surface area contributed by atoms with Crippen molar-refractivity contribution in [3.05, 3.63) is 35.3 Å². The van der Waals surface area contributed by atoms with E-state index in [1.54, 1.807) is 6.07 Å². The van der Waals surface area contributed by atoms with Gasteiger partial charge in [-0.25, -0.2) is 0 Å². The molecule has 10 heteroatoms. The number of carbonyl (C=O) groups excluding carboxylic acids is 1. The number of carbonyl (C=O) groups is 1. The van der Waals surface area contributed by atoms with Crippen LogP contribution < -0.4 is 15.8 Å². The van der Waals surface area contributed by atoms with Crippen LogP contribution in [0, 0.1) is 5.92 Å². The van der Waals surface area contributed by atoms with Gasteiger partial charge in [-0.15, -0.1) is 0 Å². The van der Waals surface area contributed by atoms with Crippen LogP contribution in [0.5, 0.6) is 5.75 Å². The number of nitrogens with one attached hydrogen (secondary N) is 2. The highest BCUT2D eigenvalue weighted by atomic mass is 19.4. The minimum absolute atomic E-state index is 0.00563. The summed E-state index contributed by atoms with van der Waals surface area (Å²) < 4.78 is 43.0. The maximum absolute atomic E-state index is 13.0. The lowest BCUT2D eigenvalue weighted by molar-refractivity contribution is -0.153. The molecule has 30 heavy (non-hydrogen) atoms. The second-order valence-corrected chi connectivity index (χ2v) is 8.43. The first-order valence-electron chi connectivity index (χ1n) is 9.96. The van der Waals surface area contributed by atoms with E-state index < -0.39 is 24.2 Å².